The van der Waals surface area contributed by atoms with Gasteiger partial charge in [0.15, 0.2) is 5.82 Å². The summed E-state index contributed by atoms with van der Waals surface area (Å²) in [6.45, 7) is 2.05. The third kappa shape index (κ3) is 2.47. The summed E-state index contributed by atoms with van der Waals surface area (Å²) < 4.78 is 0. The van der Waals surface area contributed by atoms with E-state index in [0.29, 0.717) is 11.6 Å². The Balaban J connectivity index is 1.86. The van der Waals surface area contributed by atoms with E-state index in [0.717, 1.165) is 17.1 Å². The predicted molar refractivity (Wildman–Crippen MR) is 80.7 cm³/mol. The van der Waals surface area contributed by atoms with Gasteiger partial charge < -0.3 is 11.1 Å². The second kappa shape index (κ2) is 5.05. The van der Waals surface area contributed by atoms with Crippen LogP contribution in [-0.4, -0.2) is 15.2 Å². The highest BCUT2D eigenvalue weighted by Gasteiger charge is 2.07. The molecule has 4 N–H and O–H groups in total. The first-order chi connectivity index (χ1) is 9.72. The maximum atomic E-state index is 5.88. The molecule has 2 aromatic carbocycles. The number of rotatable bonds is 3. The van der Waals surface area contributed by atoms with Crippen LogP contribution in [0.2, 0.25) is 0 Å². The van der Waals surface area contributed by atoms with Gasteiger partial charge in [-0.05, 0) is 25.1 Å². The van der Waals surface area contributed by atoms with E-state index >= 15 is 0 Å². The minimum Gasteiger partial charge on any atom is -0.397 e. The second-order valence-electron chi connectivity index (χ2n) is 4.59. The molecule has 0 saturated heterocycles. The molecule has 0 aliphatic carbocycles. The molecule has 5 heteroatoms. The smallest absolute Gasteiger partial charge is 0.246 e. The molecule has 20 heavy (non-hydrogen) atoms. The van der Waals surface area contributed by atoms with Gasteiger partial charge in [0.25, 0.3) is 0 Å². The number of para-hydroxylation sites is 2. The fraction of sp³-hybridized carbons (Fsp3) is 0.0667. The van der Waals surface area contributed by atoms with E-state index in [2.05, 4.69) is 26.6 Å². The van der Waals surface area contributed by atoms with Gasteiger partial charge in [0, 0.05) is 5.56 Å². The van der Waals surface area contributed by atoms with E-state index in [9.17, 15) is 0 Å². The summed E-state index contributed by atoms with van der Waals surface area (Å²) in [4.78, 5) is 4.42. The van der Waals surface area contributed by atoms with Gasteiger partial charge in [-0.3, -0.25) is 5.10 Å². The van der Waals surface area contributed by atoms with Gasteiger partial charge in [0.2, 0.25) is 5.95 Å². The van der Waals surface area contributed by atoms with E-state index in [1.54, 1.807) is 0 Å². The largest absolute Gasteiger partial charge is 0.397 e. The van der Waals surface area contributed by atoms with Gasteiger partial charge in [0.05, 0.1) is 11.4 Å². The average Bonchev–Trinajstić information content (AvgIpc) is 2.90. The number of nitrogens with one attached hydrogen (secondary N) is 2. The molecule has 0 unspecified atom stereocenters. The van der Waals surface area contributed by atoms with Gasteiger partial charge in [-0.1, -0.05) is 35.9 Å². The molecule has 100 valence electrons. The van der Waals surface area contributed by atoms with E-state index < -0.39 is 0 Å². The van der Waals surface area contributed by atoms with Crippen molar-refractivity contribution in [3.8, 4) is 11.4 Å². The Labute approximate surface area is 116 Å². The molecule has 3 rings (SSSR count). The zero-order chi connectivity index (χ0) is 13.9. The van der Waals surface area contributed by atoms with Gasteiger partial charge in [-0.15, -0.1) is 5.10 Å². The zero-order valence-corrected chi connectivity index (χ0v) is 11.1. The molecule has 0 fully saturated rings. The summed E-state index contributed by atoms with van der Waals surface area (Å²) in [5.41, 5.74) is 9.52. The number of aryl methyl sites for hydroxylation is 1. The van der Waals surface area contributed by atoms with Crippen LogP contribution in [0.1, 0.15) is 5.56 Å². The van der Waals surface area contributed by atoms with Crippen LogP contribution >= 0.6 is 0 Å². The lowest BCUT2D eigenvalue weighted by Crippen LogP contribution is -1.97. The maximum Gasteiger partial charge on any atom is 0.246 e. The molecular weight excluding hydrogens is 250 g/mol. The van der Waals surface area contributed by atoms with Crippen molar-refractivity contribution in [1.82, 2.24) is 15.2 Å². The van der Waals surface area contributed by atoms with Crippen LogP contribution in [0.15, 0.2) is 48.5 Å². The van der Waals surface area contributed by atoms with Crippen LogP contribution in [0.3, 0.4) is 0 Å². The molecule has 0 amide bonds. The Bertz CT molecular complexity index is 732. The lowest BCUT2D eigenvalue weighted by atomic mass is 10.1. The van der Waals surface area contributed by atoms with Crippen molar-refractivity contribution >= 4 is 17.3 Å². The van der Waals surface area contributed by atoms with Crippen LogP contribution in [0.25, 0.3) is 11.4 Å². The minimum atomic E-state index is 0.499. The van der Waals surface area contributed by atoms with E-state index in [-0.39, 0.29) is 0 Å². The monoisotopic (exact) mass is 265 g/mol. The predicted octanol–water partition coefficient (Wildman–Crippen LogP) is 3.11. The Morgan fingerprint density at radius 3 is 2.75 bits per heavy atom. The molecule has 0 bridgehead atoms. The van der Waals surface area contributed by atoms with E-state index in [1.165, 1.54) is 5.56 Å². The van der Waals surface area contributed by atoms with Gasteiger partial charge in [-0.2, -0.15) is 4.98 Å². The Morgan fingerprint density at radius 2 is 1.95 bits per heavy atom. The van der Waals surface area contributed by atoms with Crippen LogP contribution in [0.5, 0.6) is 0 Å². The number of nitrogens with two attached hydrogens (primary N) is 1. The third-order valence-corrected chi connectivity index (χ3v) is 2.98. The molecule has 0 aliphatic rings. The lowest BCUT2D eigenvalue weighted by Gasteiger charge is -2.04. The van der Waals surface area contributed by atoms with Crippen molar-refractivity contribution in [2.75, 3.05) is 11.1 Å². The number of aromatic nitrogens is 3. The lowest BCUT2D eigenvalue weighted by molar-refractivity contribution is 1.10. The SMILES string of the molecule is Cc1cccc(-c2nc(Nc3ccccc3N)n[nH]2)c1. The van der Waals surface area contributed by atoms with Crippen molar-refractivity contribution < 1.29 is 0 Å². The highest BCUT2D eigenvalue weighted by Crippen LogP contribution is 2.22. The molecule has 0 spiro atoms. The molecule has 0 aliphatic heterocycles. The second-order valence-corrected chi connectivity index (χ2v) is 4.59. The van der Waals surface area contributed by atoms with E-state index in [4.69, 9.17) is 5.73 Å². The fourth-order valence-electron chi connectivity index (χ4n) is 1.97. The number of H-pyrrole nitrogens is 1. The maximum absolute atomic E-state index is 5.88. The summed E-state index contributed by atoms with van der Waals surface area (Å²) in [6.07, 6.45) is 0. The van der Waals surface area contributed by atoms with Gasteiger partial charge in [-0.25, -0.2) is 0 Å². The zero-order valence-electron chi connectivity index (χ0n) is 11.1. The highest BCUT2D eigenvalue weighted by atomic mass is 15.3. The summed E-state index contributed by atoms with van der Waals surface area (Å²) in [5.74, 6) is 1.23. The number of benzene rings is 2. The van der Waals surface area contributed by atoms with Crippen LogP contribution in [-0.2, 0) is 0 Å². The molecule has 5 nitrogen and oxygen atoms in total. The Morgan fingerprint density at radius 1 is 1.10 bits per heavy atom. The van der Waals surface area contributed by atoms with Crippen LogP contribution < -0.4 is 11.1 Å². The van der Waals surface area contributed by atoms with Crippen molar-refractivity contribution in [2.45, 2.75) is 6.92 Å². The number of anilines is 3. The Kier molecular flexibility index (Phi) is 3.09. The summed E-state index contributed by atoms with van der Waals surface area (Å²) in [7, 11) is 0. The van der Waals surface area contributed by atoms with E-state index in [1.807, 2.05) is 49.4 Å². The summed E-state index contributed by atoms with van der Waals surface area (Å²) in [6, 6.07) is 15.6. The van der Waals surface area contributed by atoms with Crippen LogP contribution in [0.4, 0.5) is 17.3 Å². The third-order valence-electron chi connectivity index (χ3n) is 2.98. The molecule has 1 aromatic heterocycles. The first kappa shape index (κ1) is 12.2. The fourth-order valence-corrected chi connectivity index (χ4v) is 1.97. The first-order valence-electron chi connectivity index (χ1n) is 6.33. The topological polar surface area (TPSA) is 79.6 Å². The average molecular weight is 265 g/mol. The van der Waals surface area contributed by atoms with Crippen molar-refractivity contribution in [3.05, 3.63) is 54.1 Å². The van der Waals surface area contributed by atoms with Gasteiger partial charge in [0.1, 0.15) is 0 Å². The van der Waals surface area contributed by atoms with Crippen molar-refractivity contribution in [1.29, 1.82) is 0 Å². The number of aromatic amines is 1. The molecule has 0 saturated carbocycles. The van der Waals surface area contributed by atoms with Crippen molar-refractivity contribution in [3.63, 3.8) is 0 Å². The normalized spacial score (nSPS) is 10.4. The number of hydrogen-bond acceptors (Lipinski definition) is 4. The standard InChI is InChI=1S/C15H15N5/c1-10-5-4-6-11(9-10)14-18-15(20-19-14)17-13-8-3-2-7-12(13)16/h2-9H,16H2,1H3,(H2,17,18,19,20). The highest BCUT2D eigenvalue weighted by molar-refractivity contribution is 5.70. The quantitative estimate of drug-likeness (QED) is 0.636. The number of hydrogen-bond donors (Lipinski definition) is 3. The molecule has 0 atom stereocenters. The minimum absolute atomic E-state index is 0.499. The molecular formula is C15H15N5. The molecule has 0 radical (unpaired) electrons. The van der Waals surface area contributed by atoms with Gasteiger partial charge >= 0.3 is 0 Å². The summed E-state index contributed by atoms with van der Waals surface area (Å²) in [5, 5.41) is 10.2. The molecule has 3 aromatic rings. The molecule has 1 heterocycles. The van der Waals surface area contributed by atoms with Crippen LogP contribution in [0, 0.1) is 6.92 Å². The number of nitrogens with zero attached hydrogens (tertiary/aromatic N) is 2. The van der Waals surface area contributed by atoms with Crippen molar-refractivity contribution in [2.24, 2.45) is 0 Å². The first-order valence-corrected chi connectivity index (χ1v) is 6.33. The summed E-state index contributed by atoms with van der Waals surface area (Å²) >= 11 is 0. The Hall–Kier alpha value is -2.82. The number of nitrogen functional groups attached to an aromatic ring is 1.